The van der Waals surface area contributed by atoms with Gasteiger partial charge in [-0.1, -0.05) is 13.8 Å². The first-order valence-electron chi connectivity index (χ1n) is 3.97. The maximum atomic E-state index is 5.61. The highest BCUT2D eigenvalue weighted by Gasteiger charge is 2.04. The van der Waals surface area contributed by atoms with E-state index in [0.29, 0.717) is 12.4 Å². The van der Waals surface area contributed by atoms with Crippen molar-refractivity contribution in [2.24, 2.45) is 16.6 Å². The fourth-order valence-corrected chi connectivity index (χ4v) is 0.608. The molecule has 0 unspecified atom stereocenters. The van der Waals surface area contributed by atoms with Crippen LogP contribution < -0.4 is 5.73 Å². The molecule has 0 amide bonds. The summed E-state index contributed by atoms with van der Waals surface area (Å²) < 4.78 is 9.89. The van der Waals surface area contributed by atoms with E-state index in [4.69, 9.17) is 15.2 Å². The van der Waals surface area contributed by atoms with Crippen molar-refractivity contribution in [1.82, 2.24) is 0 Å². The number of hydrogen-bond donors (Lipinski definition) is 1. The molecule has 0 radical (unpaired) electrons. The Morgan fingerprint density at radius 2 is 1.83 bits per heavy atom. The molecule has 0 aliphatic rings. The van der Waals surface area contributed by atoms with Crippen molar-refractivity contribution in [2.75, 3.05) is 20.8 Å². The van der Waals surface area contributed by atoms with Crippen LogP contribution in [-0.2, 0) is 9.47 Å². The number of hydrogen-bond acceptors (Lipinski definition) is 3. The van der Waals surface area contributed by atoms with Gasteiger partial charge in [-0.15, -0.1) is 0 Å². The molecule has 0 aromatic carbocycles. The van der Waals surface area contributed by atoms with E-state index in [9.17, 15) is 0 Å². The first-order chi connectivity index (χ1) is 5.61. The number of amidine groups is 1. The molecule has 0 saturated heterocycles. The Hall–Kier alpha value is -0.610. The summed E-state index contributed by atoms with van der Waals surface area (Å²) in [6.45, 7) is 4.44. The van der Waals surface area contributed by atoms with Crippen LogP contribution in [0.5, 0.6) is 0 Å². The molecule has 12 heavy (non-hydrogen) atoms. The number of nitrogens with two attached hydrogens (primary N) is 1. The Morgan fingerprint density at radius 3 is 2.17 bits per heavy atom. The van der Waals surface area contributed by atoms with Gasteiger partial charge < -0.3 is 15.2 Å². The molecule has 0 aliphatic carbocycles. The molecular formula is C8H18N2O2. The van der Waals surface area contributed by atoms with E-state index in [1.165, 1.54) is 0 Å². The smallest absolute Gasteiger partial charge is 0.176 e. The Morgan fingerprint density at radius 1 is 1.33 bits per heavy atom. The van der Waals surface area contributed by atoms with Crippen LogP contribution in [0.4, 0.5) is 0 Å². The predicted molar refractivity (Wildman–Crippen MR) is 49.1 cm³/mol. The second-order valence-corrected chi connectivity index (χ2v) is 2.82. The molecular weight excluding hydrogens is 156 g/mol. The largest absolute Gasteiger partial charge is 0.387 e. The predicted octanol–water partition coefficient (Wildman–Crippen LogP) is 0.618. The Kier molecular flexibility index (Phi) is 5.66. The van der Waals surface area contributed by atoms with Crippen molar-refractivity contribution >= 4 is 5.84 Å². The van der Waals surface area contributed by atoms with Crippen molar-refractivity contribution in [2.45, 2.75) is 20.1 Å². The minimum atomic E-state index is -0.290. The van der Waals surface area contributed by atoms with Gasteiger partial charge in [0.2, 0.25) is 0 Å². The van der Waals surface area contributed by atoms with Gasteiger partial charge in [-0.25, -0.2) is 0 Å². The molecule has 2 N–H and O–H groups in total. The van der Waals surface area contributed by atoms with Crippen LogP contribution in [0.15, 0.2) is 4.99 Å². The van der Waals surface area contributed by atoms with Gasteiger partial charge in [0, 0.05) is 20.1 Å². The zero-order valence-electron chi connectivity index (χ0n) is 8.20. The van der Waals surface area contributed by atoms with Gasteiger partial charge >= 0.3 is 0 Å². The van der Waals surface area contributed by atoms with E-state index < -0.39 is 0 Å². The summed E-state index contributed by atoms with van der Waals surface area (Å²) in [6, 6.07) is 0. The lowest BCUT2D eigenvalue weighted by Gasteiger charge is -2.11. The fraction of sp³-hybridized carbons (Fsp3) is 0.875. The van der Waals surface area contributed by atoms with E-state index in [1.807, 2.05) is 13.8 Å². The van der Waals surface area contributed by atoms with Crippen molar-refractivity contribution in [3.05, 3.63) is 0 Å². The summed E-state index contributed by atoms with van der Waals surface area (Å²) in [4.78, 5) is 4.11. The summed E-state index contributed by atoms with van der Waals surface area (Å²) in [5, 5.41) is 0. The van der Waals surface area contributed by atoms with Crippen LogP contribution in [0, 0.1) is 5.92 Å². The van der Waals surface area contributed by atoms with E-state index in [-0.39, 0.29) is 12.2 Å². The highest BCUT2D eigenvalue weighted by Crippen LogP contribution is 1.95. The number of ether oxygens (including phenoxy) is 2. The first-order valence-corrected chi connectivity index (χ1v) is 3.97. The number of rotatable bonds is 5. The summed E-state index contributed by atoms with van der Waals surface area (Å²) in [5.41, 5.74) is 5.61. The van der Waals surface area contributed by atoms with Gasteiger partial charge in [0.25, 0.3) is 0 Å². The summed E-state index contributed by atoms with van der Waals surface area (Å²) >= 11 is 0. The highest BCUT2D eigenvalue weighted by atomic mass is 16.7. The third-order valence-corrected chi connectivity index (χ3v) is 1.54. The van der Waals surface area contributed by atoms with Crippen LogP contribution in [0.3, 0.4) is 0 Å². The second kappa shape index (κ2) is 5.97. The lowest BCUT2D eigenvalue weighted by atomic mass is 10.2. The summed E-state index contributed by atoms with van der Waals surface area (Å²) in [5.74, 6) is 0.911. The Labute approximate surface area is 73.8 Å². The standard InChI is InChI=1S/C8H18N2O2/c1-6(2)8(9)10-5-7(11-3)12-4/h6-7H,5H2,1-4H3,(H2,9,10). The molecule has 0 heterocycles. The molecule has 0 aromatic rings. The maximum absolute atomic E-state index is 5.61. The van der Waals surface area contributed by atoms with Crippen LogP contribution >= 0.6 is 0 Å². The van der Waals surface area contributed by atoms with Crippen LogP contribution in [-0.4, -0.2) is 32.9 Å². The Balaban J connectivity index is 3.84. The van der Waals surface area contributed by atoms with Crippen molar-refractivity contribution in [1.29, 1.82) is 0 Å². The van der Waals surface area contributed by atoms with Gasteiger partial charge in [-0.05, 0) is 0 Å². The van der Waals surface area contributed by atoms with E-state index >= 15 is 0 Å². The SMILES string of the molecule is COC(CN=C(N)C(C)C)OC. The summed E-state index contributed by atoms with van der Waals surface area (Å²) in [7, 11) is 3.16. The second-order valence-electron chi connectivity index (χ2n) is 2.82. The maximum Gasteiger partial charge on any atom is 0.176 e. The minimum absolute atomic E-state index is 0.277. The molecule has 0 aliphatic heterocycles. The molecule has 0 fully saturated rings. The van der Waals surface area contributed by atoms with E-state index in [2.05, 4.69) is 4.99 Å². The zero-order valence-corrected chi connectivity index (χ0v) is 8.20. The van der Waals surface area contributed by atoms with Crippen LogP contribution in [0.1, 0.15) is 13.8 Å². The molecule has 0 aromatic heterocycles. The lowest BCUT2D eigenvalue weighted by molar-refractivity contribution is -0.0937. The lowest BCUT2D eigenvalue weighted by Crippen LogP contribution is -2.23. The Bertz CT molecular complexity index is 142. The zero-order chi connectivity index (χ0) is 9.56. The molecule has 4 heteroatoms. The normalized spacial score (nSPS) is 13.0. The quantitative estimate of drug-likeness (QED) is 0.377. The van der Waals surface area contributed by atoms with E-state index in [1.54, 1.807) is 14.2 Å². The molecule has 0 saturated carbocycles. The average molecular weight is 174 g/mol. The monoisotopic (exact) mass is 174 g/mol. The van der Waals surface area contributed by atoms with Gasteiger partial charge in [0.1, 0.15) is 0 Å². The molecule has 0 bridgehead atoms. The molecule has 4 nitrogen and oxygen atoms in total. The van der Waals surface area contributed by atoms with Crippen LogP contribution in [0.25, 0.3) is 0 Å². The van der Waals surface area contributed by atoms with Crippen molar-refractivity contribution in [3.8, 4) is 0 Å². The third kappa shape index (κ3) is 4.31. The minimum Gasteiger partial charge on any atom is -0.387 e. The highest BCUT2D eigenvalue weighted by molar-refractivity contribution is 5.82. The molecule has 0 spiro atoms. The molecule has 0 atom stereocenters. The number of nitrogens with zero attached hydrogens (tertiary/aromatic N) is 1. The van der Waals surface area contributed by atoms with Gasteiger partial charge in [0.05, 0.1) is 12.4 Å². The number of methoxy groups -OCH3 is 2. The van der Waals surface area contributed by atoms with Crippen LogP contribution in [0.2, 0.25) is 0 Å². The third-order valence-electron chi connectivity index (χ3n) is 1.54. The summed E-state index contributed by atoms with van der Waals surface area (Å²) in [6.07, 6.45) is -0.290. The van der Waals surface area contributed by atoms with Gasteiger partial charge in [-0.2, -0.15) is 0 Å². The van der Waals surface area contributed by atoms with Crippen molar-refractivity contribution in [3.63, 3.8) is 0 Å². The fourth-order valence-electron chi connectivity index (χ4n) is 0.608. The van der Waals surface area contributed by atoms with Gasteiger partial charge in [-0.3, -0.25) is 4.99 Å². The number of aliphatic imine (C=N–C) groups is 1. The first kappa shape index (κ1) is 11.4. The molecule has 0 rings (SSSR count). The topological polar surface area (TPSA) is 56.8 Å². The molecule has 72 valence electrons. The average Bonchev–Trinajstić information content (AvgIpc) is 2.05. The van der Waals surface area contributed by atoms with Gasteiger partial charge in [0.15, 0.2) is 6.29 Å². The van der Waals surface area contributed by atoms with Crippen molar-refractivity contribution < 1.29 is 9.47 Å². The van der Waals surface area contributed by atoms with E-state index in [0.717, 1.165) is 0 Å².